The molecule has 2 fully saturated rings. The van der Waals surface area contributed by atoms with Gasteiger partial charge in [0.15, 0.2) is 0 Å². The zero-order valence-electron chi connectivity index (χ0n) is 12.8. The van der Waals surface area contributed by atoms with Gasteiger partial charge in [-0.2, -0.15) is 0 Å². The summed E-state index contributed by atoms with van der Waals surface area (Å²) in [5.41, 5.74) is 11.0. The Kier molecular flexibility index (Phi) is 4.58. The molecule has 2 aliphatic carbocycles. The van der Waals surface area contributed by atoms with Crippen LogP contribution in [-0.4, -0.2) is 24.0 Å². The molecule has 3 aliphatic rings. The van der Waals surface area contributed by atoms with Gasteiger partial charge in [-0.15, -0.1) is 12.4 Å². The standard InChI is InChI=1S/C18H26N2.ClH/c19-18-6-2-5-16-11-20(12-17(16)18)10-13-7-8-14-3-1-4-15(14)9-13;/h7-9,16-18H,1-6,10-12,19H2;1H. The predicted octanol–water partition coefficient (Wildman–Crippen LogP) is 3.16. The molecule has 0 spiro atoms. The Morgan fingerprint density at radius 3 is 2.76 bits per heavy atom. The van der Waals surface area contributed by atoms with Gasteiger partial charge in [0.2, 0.25) is 0 Å². The molecule has 1 aliphatic heterocycles. The van der Waals surface area contributed by atoms with Crippen LogP contribution in [-0.2, 0) is 19.4 Å². The molecule has 1 aromatic carbocycles. The van der Waals surface area contributed by atoms with Crippen LogP contribution in [0.15, 0.2) is 18.2 Å². The van der Waals surface area contributed by atoms with Gasteiger partial charge in [-0.05, 0) is 60.6 Å². The third-order valence-corrected chi connectivity index (χ3v) is 5.80. The fourth-order valence-electron chi connectivity index (χ4n) is 4.72. The molecule has 4 rings (SSSR count). The maximum atomic E-state index is 6.32. The molecule has 0 bridgehead atoms. The second-order valence-corrected chi connectivity index (χ2v) is 7.17. The Morgan fingerprint density at radius 1 is 1.05 bits per heavy atom. The quantitative estimate of drug-likeness (QED) is 0.909. The van der Waals surface area contributed by atoms with E-state index in [1.54, 1.807) is 11.1 Å². The molecule has 0 aromatic heterocycles. The van der Waals surface area contributed by atoms with Crippen LogP contribution < -0.4 is 5.73 Å². The molecular weight excluding hydrogens is 280 g/mol. The van der Waals surface area contributed by atoms with Crippen molar-refractivity contribution in [1.82, 2.24) is 4.90 Å². The van der Waals surface area contributed by atoms with Crippen LogP contribution >= 0.6 is 12.4 Å². The number of rotatable bonds is 2. The maximum Gasteiger partial charge on any atom is 0.0234 e. The van der Waals surface area contributed by atoms with E-state index in [-0.39, 0.29) is 12.4 Å². The summed E-state index contributed by atoms with van der Waals surface area (Å²) in [6.45, 7) is 3.63. The molecule has 116 valence electrons. The summed E-state index contributed by atoms with van der Waals surface area (Å²) >= 11 is 0. The zero-order chi connectivity index (χ0) is 13.5. The highest BCUT2D eigenvalue weighted by Gasteiger charge is 2.38. The molecule has 1 saturated carbocycles. The fraction of sp³-hybridized carbons (Fsp3) is 0.667. The number of halogens is 1. The van der Waals surface area contributed by atoms with Crippen LogP contribution in [0.1, 0.15) is 42.4 Å². The van der Waals surface area contributed by atoms with Gasteiger partial charge in [0.05, 0.1) is 0 Å². The van der Waals surface area contributed by atoms with Crippen molar-refractivity contribution < 1.29 is 0 Å². The van der Waals surface area contributed by atoms with Crippen LogP contribution in [0.2, 0.25) is 0 Å². The van der Waals surface area contributed by atoms with Gasteiger partial charge >= 0.3 is 0 Å². The van der Waals surface area contributed by atoms with E-state index in [9.17, 15) is 0 Å². The Labute approximate surface area is 134 Å². The van der Waals surface area contributed by atoms with E-state index in [2.05, 4.69) is 23.1 Å². The monoisotopic (exact) mass is 306 g/mol. The average molecular weight is 307 g/mol. The topological polar surface area (TPSA) is 29.3 Å². The van der Waals surface area contributed by atoms with E-state index in [0.29, 0.717) is 6.04 Å². The first-order valence-electron chi connectivity index (χ1n) is 8.38. The fourth-order valence-corrected chi connectivity index (χ4v) is 4.72. The molecule has 0 amide bonds. The van der Waals surface area contributed by atoms with Gasteiger partial charge in [-0.25, -0.2) is 0 Å². The van der Waals surface area contributed by atoms with Crippen LogP contribution in [0.5, 0.6) is 0 Å². The molecule has 3 unspecified atom stereocenters. The summed E-state index contributed by atoms with van der Waals surface area (Å²) in [5.74, 6) is 1.63. The van der Waals surface area contributed by atoms with Crippen LogP contribution in [0, 0.1) is 11.8 Å². The molecular formula is C18H27ClN2. The lowest BCUT2D eigenvalue weighted by Gasteiger charge is -2.29. The number of nitrogens with zero attached hydrogens (tertiary/aromatic N) is 1. The van der Waals surface area contributed by atoms with Gasteiger partial charge in [0.25, 0.3) is 0 Å². The van der Waals surface area contributed by atoms with Crippen LogP contribution in [0.3, 0.4) is 0 Å². The lowest BCUT2D eigenvalue weighted by Crippen LogP contribution is -2.38. The van der Waals surface area contributed by atoms with E-state index >= 15 is 0 Å². The first-order valence-corrected chi connectivity index (χ1v) is 8.38. The Balaban J connectivity index is 0.00000132. The van der Waals surface area contributed by atoms with Crippen molar-refractivity contribution in [3.8, 4) is 0 Å². The van der Waals surface area contributed by atoms with Crippen molar-refractivity contribution in [3.63, 3.8) is 0 Å². The number of aryl methyl sites for hydroxylation is 2. The number of nitrogens with two attached hydrogens (primary N) is 1. The summed E-state index contributed by atoms with van der Waals surface area (Å²) in [6.07, 6.45) is 7.92. The van der Waals surface area contributed by atoms with Gasteiger partial charge in [0, 0.05) is 25.7 Å². The lowest BCUT2D eigenvalue weighted by atomic mass is 9.78. The Morgan fingerprint density at radius 2 is 1.90 bits per heavy atom. The van der Waals surface area contributed by atoms with E-state index in [1.807, 2.05) is 0 Å². The average Bonchev–Trinajstić information content (AvgIpc) is 3.05. The van der Waals surface area contributed by atoms with E-state index < -0.39 is 0 Å². The second-order valence-electron chi connectivity index (χ2n) is 7.17. The number of hydrogen-bond acceptors (Lipinski definition) is 2. The molecule has 2 nitrogen and oxygen atoms in total. The summed E-state index contributed by atoms with van der Waals surface area (Å²) in [5, 5.41) is 0. The molecule has 21 heavy (non-hydrogen) atoms. The summed E-state index contributed by atoms with van der Waals surface area (Å²) in [4.78, 5) is 2.65. The minimum Gasteiger partial charge on any atom is -0.327 e. The molecule has 3 atom stereocenters. The number of benzene rings is 1. The summed E-state index contributed by atoms with van der Waals surface area (Å²) < 4.78 is 0. The number of fused-ring (bicyclic) bond motifs is 2. The molecule has 1 saturated heterocycles. The van der Waals surface area contributed by atoms with Gasteiger partial charge < -0.3 is 5.73 Å². The highest BCUT2D eigenvalue weighted by Crippen LogP contribution is 2.36. The van der Waals surface area contributed by atoms with Crippen molar-refractivity contribution in [2.24, 2.45) is 17.6 Å². The van der Waals surface area contributed by atoms with Crippen molar-refractivity contribution in [3.05, 3.63) is 34.9 Å². The van der Waals surface area contributed by atoms with Crippen molar-refractivity contribution in [2.45, 2.75) is 51.1 Å². The highest BCUT2D eigenvalue weighted by molar-refractivity contribution is 5.85. The van der Waals surface area contributed by atoms with E-state index in [4.69, 9.17) is 5.73 Å². The van der Waals surface area contributed by atoms with Crippen molar-refractivity contribution in [1.29, 1.82) is 0 Å². The molecule has 0 radical (unpaired) electrons. The third kappa shape index (κ3) is 2.99. The molecule has 3 heteroatoms. The molecule has 1 aromatic rings. The normalized spacial score (nSPS) is 31.6. The SMILES string of the molecule is Cl.NC1CCCC2CN(Cc3ccc4c(c3)CCC4)CC12. The number of likely N-dealkylation sites (tertiary alicyclic amines) is 1. The summed E-state index contributed by atoms with van der Waals surface area (Å²) in [7, 11) is 0. The predicted molar refractivity (Wildman–Crippen MR) is 89.8 cm³/mol. The van der Waals surface area contributed by atoms with Gasteiger partial charge in [-0.1, -0.05) is 24.6 Å². The van der Waals surface area contributed by atoms with Crippen LogP contribution in [0.4, 0.5) is 0 Å². The minimum atomic E-state index is 0. The minimum absolute atomic E-state index is 0. The number of hydrogen-bond donors (Lipinski definition) is 1. The second kappa shape index (κ2) is 6.28. The first kappa shape index (κ1) is 15.3. The van der Waals surface area contributed by atoms with Crippen molar-refractivity contribution in [2.75, 3.05) is 13.1 Å². The van der Waals surface area contributed by atoms with Gasteiger partial charge in [0.1, 0.15) is 0 Å². The van der Waals surface area contributed by atoms with Crippen molar-refractivity contribution >= 4 is 12.4 Å². The lowest BCUT2D eigenvalue weighted by molar-refractivity contribution is 0.259. The molecule has 1 heterocycles. The Bertz CT molecular complexity index is 502. The third-order valence-electron chi connectivity index (χ3n) is 5.80. The first-order chi connectivity index (χ1) is 9.79. The van der Waals surface area contributed by atoms with Gasteiger partial charge in [-0.3, -0.25) is 4.90 Å². The van der Waals surface area contributed by atoms with E-state index in [1.165, 1.54) is 57.2 Å². The smallest absolute Gasteiger partial charge is 0.0234 e. The summed E-state index contributed by atoms with van der Waals surface area (Å²) in [6, 6.07) is 7.64. The van der Waals surface area contributed by atoms with Crippen LogP contribution in [0.25, 0.3) is 0 Å². The molecule has 2 N–H and O–H groups in total. The zero-order valence-corrected chi connectivity index (χ0v) is 13.6. The largest absolute Gasteiger partial charge is 0.327 e. The highest BCUT2D eigenvalue weighted by atomic mass is 35.5. The van der Waals surface area contributed by atoms with E-state index in [0.717, 1.165) is 18.4 Å². The Hall–Kier alpha value is -0.570. The maximum absolute atomic E-state index is 6.32.